The van der Waals surface area contributed by atoms with Gasteiger partial charge in [0.25, 0.3) is 0 Å². The van der Waals surface area contributed by atoms with Crippen molar-refractivity contribution in [3.63, 3.8) is 0 Å². The van der Waals surface area contributed by atoms with Crippen LogP contribution < -0.4 is 10.2 Å². The molecular weight excluding hydrogens is 484 g/mol. The van der Waals surface area contributed by atoms with Gasteiger partial charge in [0.05, 0.1) is 28.8 Å². The molecular formula is C32H26N6O. The number of hydrogen-bond donors (Lipinski definition) is 2. The Kier molecular flexibility index (Phi) is 5.30. The third-order valence-electron chi connectivity index (χ3n) is 7.14. The number of aliphatic imine (C=N–C) groups is 2. The van der Waals surface area contributed by atoms with E-state index in [1.807, 2.05) is 78.3 Å². The molecule has 3 heterocycles. The Morgan fingerprint density at radius 3 is 2.36 bits per heavy atom. The maximum Gasteiger partial charge on any atom is 0.179 e. The molecule has 190 valence electrons. The van der Waals surface area contributed by atoms with Gasteiger partial charge in [-0.3, -0.25) is 0 Å². The summed E-state index contributed by atoms with van der Waals surface area (Å²) in [7, 11) is 0. The van der Waals surface area contributed by atoms with Gasteiger partial charge in [0, 0.05) is 11.3 Å². The van der Waals surface area contributed by atoms with E-state index >= 15 is 0 Å². The zero-order valence-corrected chi connectivity index (χ0v) is 21.6. The number of nitrogens with one attached hydrogen (secondary N) is 1. The van der Waals surface area contributed by atoms with Crippen molar-refractivity contribution in [1.82, 2.24) is 9.78 Å². The first-order valence-corrected chi connectivity index (χ1v) is 12.9. The number of phenolic OH excluding ortho intramolecular Hbond substituents is 1. The summed E-state index contributed by atoms with van der Waals surface area (Å²) in [5, 5.41) is 19.0. The van der Waals surface area contributed by atoms with E-state index in [0.717, 1.165) is 45.4 Å². The van der Waals surface area contributed by atoms with Crippen LogP contribution in [0.2, 0.25) is 0 Å². The number of anilines is 2. The van der Waals surface area contributed by atoms with Gasteiger partial charge in [-0.05, 0) is 67.9 Å². The fourth-order valence-corrected chi connectivity index (χ4v) is 5.33. The summed E-state index contributed by atoms with van der Waals surface area (Å²) in [5.74, 6) is 2.29. The van der Waals surface area contributed by atoms with Crippen molar-refractivity contribution in [2.75, 3.05) is 10.2 Å². The predicted molar refractivity (Wildman–Crippen MR) is 156 cm³/mol. The van der Waals surface area contributed by atoms with Gasteiger partial charge < -0.3 is 15.3 Å². The normalized spacial score (nSPS) is 15.5. The van der Waals surface area contributed by atoms with Crippen molar-refractivity contribution in [3.05, 3.63) is 126 Å². The Bertz CT molecular complexity index is 1770. The molecule has 0 fully saturated rings. The van der Waals surface area contributed by atoms with Gasteiger partial charge in [-0.25, -0.2) is 14.7 Å². The molecule has 1 unspecified atom stereocenters. The van der Waals surface area contributed by atoms with Crippen LogP contribution in [-0.2, 0) is 0 Å². The topological polar surface area (TPSA) is 78.0 Å². The number of rotatable bonds is 3. The van der Waals surface area contributed by atoms with Crippen LogP contribution in [0, 0.1) is 13.8 Å². The predicted octanol–water partition coefficient (Wildman–Crippen LogP) is 6.99. The Labute approximate surface area is 226 Å². The lowest BCUT2D eigenvalue weighted by molar-refractivity contribution is 0.474. The van der Waals surface area contributed by atoms with E-state index in [-0.39, 0.29) is 11.8 Å². The van der Waals surface area contributed by atoms with Gasteiger partial charge in [-0.2, -0.15) is 5.10 Å². The summed E-state index contributed by atoms with van der Waals surface area (Å²) in [6, 6.07) is 33.5. The average Bonchev–Trinajstić information content (AvgIpc) is 3.29. The largest absolute Gasteiger partial charge is 0.508 e. The maximum atomic E-state index is 10.5. The molecule has 4 aromatic carbocycles. The highest BCUT2D eigenvalue weighted by Crippen LogP contribution is 2.48. The summed E-state index contributed by atoms with van der Waals surface area (Å²) >= 11 is 0. The van der Waals surface area contributed by atoms with Crippen LogP contribution >= 0.6 is 0 Å². The summed E-state index contributed by atoms with van der Waals surface area (Å²) < 4.78 is 1.91. The van der Waals surface area contributed by atoms with Crippen molar-refractivity contribution in [3.8, 4) is 11.4 Å². The van der Waals surface area contributed by atoms with E-state index < -0.39 is 0 Å². The molecule has 0 radical (unpaired) electrons. The van der Waals surface area contributed by atoms with E-state index in [9.17, 15) is 5.11 Å². The molecule has 39 heavy (non-hydrogen) atoms. The number of hydrogen-bond acceptors (Lipinski definition) is 6. The molecule has 2 N–H and O–H groups in total. The summed E-state index contributed by atoms with van der Waals surface area (Å²) in [6.45, 7) is 4.09. The highest BCUT2D eigenvalue weighted by molar-refractivity contribution is 6.51. The molecule has 1 aromatic heterocycles. The molecule has 7 heteroatoms. The fraction of sp³-hybridized carbons (Fsp3) is 0.0938. The van der Waals surface area contributed by atoms with Crippen molar-refractivity contribution >= 4 is 34.6 Å². The summed E-state index contributed by atoms with van der Waals surface area (Å²) in [4.78, 5) is 12.5. The van der Waals surface area contributed by atoms with Crippen LogP contribution in [-0.4, -0.2) is 26.6 Å². The van der Waals surface area contributed by atoms with E-state index in [1.165, 1.54) is 5.56 Å². The highest BCUT2D eigenvalue weighted by atomic mass is 16.3. The van der Waals surface area contributed by atoms with Gasteiger partial charge in [-0.1, -0.05) is 60.2 Å². The molecule has 7 rings (SSSR count). The van der Waals surface area contributed by atoms with Crippen LogP contribution in [0.25, 0.3) is 5.69 Å². The Morgan fingerprint density at radius 1 is 0.795 bits per heavy atom. The molecule has 7 nitrogen and oxygen atoms in total. The number of aromatic hydroxyl groups is 1. The van der Waals surface area contributed by atoms with Gasteiger partial charge in [0.15, 0.2) is 17.5 Å². The van der Waals surface area contributed by atoms with Gasteiger partial charge in [-0.15, -0.1) is 0 Å². The molecule has 0 amide bonds. The van der Waals surface area contributed by atoms with Gasteiger partial charge in [0.1, 0.15) is 5.75 Å². The molecule has 2 aliphatic heterocycles. The second-order valence-corrected chi connectivity index (χ2v) is 9.81. The van der Waals surface area contributed by atoms with Crippen molar-refractivity contribution in [1.29, 1.82) is 0 Å². The maximum absolute atomic E-state index is 10.5. The molecule has 2 aliphatic rings. The number of aromatic nitrogens is 2. The summed E-state index contributed by atoms with van der Waals surface area (Å²) in [5.41, 5.74) is 7.61. The smallest absolute Gasteiger partial charge is 0.179 e. The number of para-hydroxylation sites is 3. The first-order chi connectivity index (χ1) is 19.1. The molecule has 0 spiro atoms. The molecule has 1 atom stereocenters. The van der Waals surface area contributed by atoms with Gasteiger partial charge >= 0.3 is 0 Å². The number of nitrogens with zero attached hydrogens (tertiary/aromatic N) is 5. The molecule has 5 aromatic rings. The zero-order valence-electron chi connectivity index (χ0n) is 21.6. The van der Waals surface area contributed by atoms with E-state index in [4.69, 9.17) is 15.1 Å². The molecule has 0 saturated carbocycles. The summed E-state index contributed by atoms with van der Waals surface area (Å²) in [6.07, 6.45) is 0. The quantitative estimate of drug-likeness (QED) is 0.274. The Hall–Kier alpha value is -5.17. The monoisotopic (exact) mass is 510 g/mol. The number of fused-ring (bicyclic) bond motifs is 4. The van der Waals surface area contributed by atoms with E-state index in [2.05, 4.69) is 47.5 Å². The first-order valence-electron chi connectivity index (χ1n) is 12.9. The lowest BCUT2D eigenvalue weighted by Gasteiger charge is -2.40. The van der Waals surface area contributed by atoms with Crippen LogP contribution in [0.5, 0.6) is 5.75 Å². The molecule has 0 bridgehead atoms. The van der Waals surface area contributed by atoms with Crippen molar-refractivity contribution in [2.24, 2.45) is 9.98 Å². The number of amidine groups is 2. The Balaban J connectivity index is 1.51. The van der Waals surface area contributed by atoms with Crippen LogP contribution in [0.1, 0.15) is 28.4 Å². The lowest BCUT2D eigenvalue weighted by Crippen LogP contribution is -2.46. The SMILES string of the molecule is Cc1ccc(-n2nc(C)c3c2N=C2C(Nc4ccccc4)=Nc4ccccc4N2C3c2cccc(O)c2)cc1. The number of phenols is 1. The second-order valence-electron chi connectivity index (χ2n) is 9.81. The lowest BCUT2D eigenvalue weighted by atomic mass is 9.93. The minimum Gasteiger partial charge on any atom is -0.508 e. The van der Waals surface area contributed by atoms with Gasteiger partial charge in [0.2, 0.25) is 0 Å². The second kappa shape index (κ2) is 8.99. The van der Waals surface area contributed by atoms with E-state index in [1.54, 1.807) is 6.07 Å². The van der Waals surface area contributed by atoms with Crippen molar-refractivity contribution in [2.45, 2.75) is 19.9 Å². The minimum atomic E-state index is -0.289. The average molecular weight is 511 g/mol. The van der Waals surface area contributed by atoms with Crippen LogP contribution in [0.15, 0.2) is 113 Å². The highest BCUT2D eigenvalue weighted by Gasteiger charge is 2.41. The molecule has 0 saturated heterocycles. The third kappa shape index (κ3) is 3.87. The third-order valence-corrected chi connectivity index (χ3v) is 7.14. The number of benzene rings is 4. The van der Waals surface area contributed by atoms with Crippen LogP contribution in [0.3, 0.4) is 0 Å². The minimum absolute atomic E-state index is 0.211. The fourth-order valence-electron chi connectivity index (χ4n) is 5.33. The molecule has 0 aliphatic carbocycles. The zero-order chi connectivity index (χ0) is 26.5. The first kappa shape index (κ1) is 23.0. The van der Waals surface area contributed by atoms with Crippen molar-refractivity contribution < 1.29 is 5.11 Å². The van der Waals surface area contributed by atoms with Crippen LogP contribution in [0.4, 0.5) is 22.9 Å². The van der Waals surface area contributed by atoms with E-state index in [0.29, 0.717) is 11.7 Å². The number of aryl methyl sites for hydroxylation is 2. The standard InChI is InChI=1S/C32H26N6O/c1-20-15-17-24(18-16-20)38-31-28(21(2)36-38)29(22-9-8-12-25(39)19-22)37-27-14-7-6-13-26(27)34-30(32(37)35-31)33-23-10-4-3-5-11-23/h3-19,29,39H,1-2H3,(H,33,34). The Morgan fingerprint density at radius 2 is 1.56 bits per heavy atom.